The molecule has 1 aromatic heterocycles. The number of rotatable bonds is 9. The molecule has 146 valence electrons. The van der Waals surface area contributed by atoms with E-state index in [9.17, 15) is 4.79 Å². The predicted molar refractivity (Wildman–Crippen MR) is 119 cm³/mol. The van der Waals surface area contributed by atoms with E-state index < -0.39 is 0 Å². The summed E-state index contributed by atoms with van der Waals surface area (Å²) >= 11 is 7.50. The van der Waals surface area contributed by atoms with Gasteiger partial charge in [-0.15, -0.1) is 11.3 Å². The number of amides is 1. The lowest BCUT2D eigenvalue weighted by Gasteiger charge is -2.07. The number of carbonyl (C=O) groups excluding carboxylic acids is 1. The van der Waals surface area contributed by atoms with Crippen LogP contribution in [0.15, 0.2) is 54.7 Å². The van der Waals surface area contributed by atoms with E-state index in [1.165, 1.54) is 29.7 Å². The van der Waals surface area contributed by atoms with Gasteiger partial charge in [-0.25, -0.2) is 4.98 Å². The number of hydrogen-bond acceptors (Lipinski definition) is 4. The van der Waals surface area contributed by atoms with E-state index in [4.69, 9.17) is 11.6 Å². The van der Waals surface area contributed by atoms with Crippen molar-refractivity contribution < 1.29 is 4.79 Å². The van der Waals surface area contributed by atoms with Gasteiger partial charge in [-0.05, 0) is 48.2 Å². The molecule has 0 saturated carbocycles. The van der Waals surface area contributed by atoms with Crippen molar-refractivity contribution in [3.05, 3.63) is 75.8 Å². The summed E-state index contributed by atoms with van der Waals surface area (Å²) < 4.78 is 0. The molecule has 0 spiro atoms. The summed E-state index contributed by atoms with van der Waals surface area (Å²) in [4.78, 5) is 17.6. The van der Waals surface area contributed by atoms with E-state index >= 15 is 0 Å². The third-order valence-corrected chi connectivity index (χ3v) is 5.44. The summed E-state index contributed by atoms with van der Waals surface area (Å²) in [6.07, 6.45) is 6.03. The van der Waals surface area contributed by atoms with Gasteiger partial charge in [0.05, 0.1) is 6.54 Å². The Morgan fingerprint density at radius 1 is 1.14 bits per heavy atom. The molecule has 0 saturated heterocycles. The van der Waals surface area contributed by atoms with Crippen molar-refractivity contribution in [3.8, 4) is 0 Å². The number of thiazole rings is 1. The molecule has 1 heterocycles. The van der Waals surface area contributed by atoms with Crippen molar-refractivity contribution in [2.45, 2.75) is 32.6 Å². The fourth-order valence-electron chi connectivity index (χ4n) is 2.81. The molecule has 6 heteroatoms. The molecule has 0 unspecified atom stereocenters. The molecule has 2 N–H and O–H groups in total. The van der Waals surface area contributed by atoms with Crippen LogP contribution in [-0.2, 0) is 17.6 Å². The van der Waals surface area contributed by atoms with Gasteiger partial charge in [-0.2, -0.15) is 0 Å². The Bertz CT molecular complexity index is 908. The largest absolute Gasteiger partial charge is 0.376 e. The highest BCUT2D eigenvalue weighted by molar-refractivity contribution is 7.15. The van der Waals surface area contributed by atoms with E-state index in [0.717, 1.165) is 34.0 Å². The minimum absolute atomic E-state index is 0.112. The first-order valence-corrected chi connectivity index (χ1v) is 10.6. The van der Waals surface area contributed by atoms with Crippen molar-refractivity contribution in [1.82, 2.24) is 4.98 Å². The van der Waals surface area contributed by atoms with Gasteiger partial charge in [-0.3, -0.25) is 4.79 Å². The van der Waals surface area contributed by atoms with Crippen LogP contribution >= 0.6 is 22.9 Å². The monoisotopic (exact) mass is 413 g/mol. The molecule has 0 aliphatic heterocycles. The Morgan fingerprint density at radius 2 is 1.96 bits per heavy atom. The minimum atomic E-state index is -0.112. The van der Waals surface area contributed by atoms with Gasteiger partial charge in [0.15, 0.2) is 5.13 Å². The van der Waals surface area contributed by atoms with Crippen LogP contribution in [0.3, 0.4) is 0 Å². The molecular weight excluding hydrogens is 390 g/mol. The fourth-order valence-corrected chi connectivity index (χ4v) is 3.89. The molecule has 0 atom stereocenters. The third-order valence-electron chi connectivity index (χ3n) is 4.29. The number of nitrogens with one attached hydrogen (secondary N) is 2. The van der Waals surface area contributed by atoms with E-state index in [0.29, 0.717) is 5.13 Å². The van der Waals surface area contributed by atoms with Gasteiger partial charge in [0, 0.05) is 28.2 Å². The van der Waals surface area contributed by atoms with E-state index in [1.54, 1.807) is 6.20 Å². The smallest absolute Gasteiger partial charge is 0.245 e. The van der Waals surface area contributed by atoms with Gasteiger partial charge < -0.3 is 10.6 Å². The number of carbonyl (C=O) groups is 1. The maximum atomic E-state index is 12.2. The van der Waals surface area contributed by atoms with Crippen LogP contribution in [0.1, 0.15) is 35.8 Å². The fraction of sp³-hybridized carbons (Fsp3) is 0.273. The average Bonchev–Trinajstić information content (AvgIpc) is 3.12. The quantitative estimate of drug-likeness (QED) is 0.467. The van der Waals surface area contributed by atoms with Gasteiger partial charge in [0.25, 0.3) is 0 Å². The van der Waals surface area contributed by atoms with Gasteiger partial charge in [0.1, 0.15) is 0 Å². The highest BCUT2D eigenvalue weighted by Gasteiger charge is 2.08. The zero-order valence-corrected chi connectivity index (χ0v) is 17.4. The predicted octanol–water partition coefficient (Wildman–Crippen LogP) is 5.78. The summed E-state index contributed by atoms with van der Waals surface area (Å²) in [6.45, 7) is 2.40. The molecule has 0 fully saturated rings. The van der Waals surface area contributed by atoms with Gasteiger partial charge in [-0.1, -0.05) is 49.2 Å². The highest BCUT2D eigenvalue weighted by Crippen LogP contribution is 2.22. The third kappa shape index (κ3) is 6.36. The lowest BCUT2D eigenvalue weighted by Crippen LogP contribution is -2.21. The Morgan fingerprint density at radius 3 is 2.71 bits per heavy atom. The number of nitrogens with zero attached hydrogens (tertiary/aromatic N) is 1. The number of aromatic nitrogens is 1. The second kappa shape index (κ2) is 10.2. The van der Waals surface area contributed by atoms with E-state index in [1.807, 2.05) is 36.4 Å². The minimum Gasteiger partial charge on any atom is -0.376 e. The average molecular weight is 414 g/mol. The number of anilines is 2. The number of aryl methyl sites for hydroxylation is 1. The number of unbranched alkanes of at least 4 members (excludes halogenated alkanes) is 1. The Hall–Kier alpha value is -2.37. The second-order valence-electron chi connectivity index (χ2n) is 6.64. The summed E-state index contributed by atoms with van der Waals surface area (Å²) in [5, 5.41) is 7.33. The molecule has 28 heavy (non-hydrogen) atoms. The molecule has 0 aliphatic carbocycles. The highest BCUT2D eigenvalue weighted by atomic mass is 35.5. The summed E-state index contributed by atoms with van der Waals surface area (Å²) in [6, 6.07) is 16.0. The summed E-state index contributed by atoms with van der Waals surface area (Å²) in [5.41, 5.74) is 3.39. The molecule has 0 bridgehead atoms. The first-order chi connectivity index (χ1) is 13.6. The van der Waals surface area contributed by atoms with Crippen LogP contribution in [0.2, 0.25) is 5.02 Å². The van der Waals surface area contributed by atoms with Crippen LogP contribution in [0.25, 0.3) is 0 Å². The summed E-state index contributed by atoms with van der Waals surface area (Å²) in [5.74, 6) is -0.112. The maximum Gasteiger partial charge on any atom is 0.245 e. The zero-order chi connectivity index (χ0) is 19.8. The van der Waals surface area contributed by atoms with Crippen LogP contribution in [0.5, 0.6) is 0 Å². The molecule has 0 radical (unpaired) electrons. The zero-order valence-electron chi connectivity index (χ0n) is 15.9. The number of benzene rings is 2. The van der Waals surface area contributed by atoms with Gasteiger partial charge in [0.2, 0.25) is 5.91 Å². The standard InChI is InChI=1S/C22H24ClN3OS/c1-2-3-5-16-8-10-19(11-9-16)24-15-21(27)26-22-25-14-20(28-22)13-17-6-4-7-18(23)12-17/h4,6-12,14,24H,2-3,5,13,15H2,1H3,(H,25,26,27). The molecule has 4 nitrogen and oxygen atoms in total. The van der Waals surface area contributed by atoms with Crippen molar-refractivity contribution in [1.29, 1.82) is 0 Å². The van der Waals surface area contributed by atoms with Crippen LogP contribution in [-0.4, -0.2) is 17.4 Å². The van der Waals surface area contributed by atoms with Gasteiger partial charge >= 0.3 is 0 Å². The van der Waals surface area contributed by atoms with E-state index in [-0.39, 0.29) is 12.5 Å². The molecule has 0 aliphatic rings. The van der Waals surface area contributed by atoms with Crippen LogP contribution < -0.4 is 10.6 Å². The van der Waals surface area contributed by atoms with Crippen molar-refractivity contribution in [2.24, 2.45) is 0 Å². The first kappa shape index (κ1) is 20.4. The summed E-state index contributed by atoms with van der Waals surface area (Å²) in [7, 11) is 0. The van der Waals surface area contributed by atoms with Crippen LogP contribution in [0.4, 0.5) is 10.8 Å². The molecule has 2 aromatic carbocycles. The SMILES string of the molecule is CCCCc1ccc(NCC(=O)Nc2ncc(Cc3cccc(Cl)c3)s2)cc1. The normalized spacial score (nSPS) is 10.6. The Labute approximate surface area is 175 Å². The second-order valence-corrected chi connectivity index (χ2v) is 8.19. The lowest BCUT2D eigenvalue weighted by atomic mass is 10.1. The van der Waals surface area contributed by atoms with E-state index in [2.05, 4.69) is 34.7 Å². The molecule has 3 aromatic rings. The number of hydrogen-bond donors (Lipinski definition) is 2. The molecule has 1 amide bonds. The first-order valence-electron chi connectivity index (χ1n) is 9.44. The molecular formula is C22H24ClN3OS. The topological polar surface area (TPSA) is 54.0 Å². The molecule has 3 rings (SSSR count). The van der Waals surface area contributed by atoms with Crippen molar-refractivity contribution in [3.63, 3.8) is 0 Å². The maximum absolute atomic E-state index is 12.2. The Kier molecular flexibility index (Phi) is 7.46. The number of halogens is 1. The lowest BCUT2D eigenvalue weighted by molar-refractivity contribution is -0.114. The van der Waals surface area contributed by atoms with Crippen LogP contribution in [0, 0.1) is 0 Å². The van der Waals surface area contributed by atoms with Crippen molar-refractivity contribution in [2.75, 3.05) is 17.2 Å². The Balaban J connectivity index is 1.46. The van der Waals surface area contributed by atoms with Crippen molar-refractivity contribution >= 4 is 39.7 Å².